The Morgan fingerprint density at radius 3 is 2.46 bits per heavy atom. The summed E-state index contributed by atoms with van der Waals surface area (Å²) in [6.07, 6.45) is 5.32. The van der Waals surface area contributed by atoms with Crippen LogP contribution in [0.5, 0.6) is 5.75 Å². The van der Waals surface area contributed by atoms with Crippen molar-refractivity contribution in [2.75, 3.05) is 12.4 Å². The van der Waals surface area contributed by atoms with E-state index in [4.69, 9.17) is 0 Å². The van der Waals surface area contributed by atoms with Crippen molar-refractivity contribution >= 4 is 28.3 Å². The molecule has 0 bridgehead atoms. The lowest BCUT2D eigenvalue weighted by Crippen LogP contribution is -2.44. The van der Waals surface area contributed by atoms with Gasteiger partial charge in [-0.2, -0.15) is 0 Å². The van der Waals surface area contributed by atoms with Crippen LogP contribution in [0.3, 0.4) is 0 Å². The zero-order chi connectivity index (χ0) is 17.1. The van der Waals surface area contributed by atoms with Gasteiger partial charge in [-0.15, -0.1) is 0 Å². The maximum absolute atomic E-state index is 12.4. The molecule has 5 nitrogen and oxygen atoms in total. The van der Waals surface area contributed by atoms with Crippen molar-refractivity contribution in [3.05, 3.63) is 36.4 Å². The average Bonchev–Trinajstić information content (AvgIpc) is 2.62. The number of hydrogen-bond acceptors (Lipinski definition) is 3. The summed E-state index contributed by atoms with van der Waals surface area (Å²) in [4.78, 5) is 26.3. The largest absolute Gasteiger partial charge is 0.507 e. The highest BCUT2D eigenvalue weighted by atomic mass is 16.3. The lowest BCUT2D eigenvalue weighted by Gasteiger charge is -2.30. The number of rotatable bonds is 2. The molecule has 0 unspecified atom stereocenters. The number of phenols is 1. The number of anilines is 1. The van der Waals surface area contributed by atoms with Crippen molar-refractivity contribution in [2.45, 2.75) is 38.1 Å². The number of aromatic hydroxyl groups is 1. The van der Waals surface area contributed by atoms with Crippen LogP contribution < -0.4 is 5.32 Å². The van der Waals surface area contributed by atoms with E-state index in [0.717, 1.165) is 25.7 Å². The van der Waals surface area contributed by atoms with Crippen LogP contribution in [0, 0.1) is 0 Å². The van der Waals surface area contributed by atoms with E-state index in [9.17, 15) is 14.7 Å². The van der Waals surface area contributed by atoms with Crippen LogP contribution in [0.25, 0.3) is 10.8 Å². The number of carbonyl (C=O) groups excluding carboxylic acids is 2. The van der Waals surface area contributed by atoms with E-state index in [1.165, 1.54) is 6.42 Å². The summed E-state index contributed by atoms with van der Waals surface area (Å²) >= 11 is 0. The molecule has 2 N–H and O–H groups in total. The van der Waals surface area contributed by atoms with Crippen molar-refractivity contribution in [3.63, 3.8) is 0 Å². The van der Waals surface area contributed by atoms with Crippen LogP contribution in [-0.2, 0) is 9.59 Å². The zero-order valence-corrected chi connectivity index (χ0v) is 13.8. The Kier molecular flexibility index (Phi) is 4.69. The van der Waals surface area contributed by atoms with Gasteiger partial charge in [0.1, 0.15) is 5.75 Å². The van der Waals surface area contributed by atoms with E-state index >= 15 is 0 Å². The predicted molar refractivity (Wildman–Crippen MR) is 93.9 cm³/mol. The molecular weight excluding hydrogens is 304 g/mol. The van der Waals surface area contributed by atoms with Crippen LogP contribution >= 0.6 is 0 Å². The number of nitrogens with one attached hydrogen (secondary N) is 1. The molecule has 0 heterocycles. The molecule has 3 rings (SSSR count). The molecule has 0 spiro atoms. The molecule has 1 aliphatic rings. The van der Waals surface area contributed by atoms with Crippen molar-refractivity contribution in [1.29, 1.82) is 0 Å². The van der Waals surface area contributed by atoms with Crippen LogP contribution in [0.1, 0.15) is 32.1 Å². The number of carbonyl (C=O) groups is 2. The van der Waals surface area contributed by atoms with Gasteiger partial charge in [-0.25, -0.2) is 0 Å². The molecule has 0 aromatic heterocycles. The molecular formula is C19H22N2O3. The molecule has 2 aromatic carbocycles. The first-order valence-electron chi connectivity index (χ1n) is 8.37. The molecule has 5 heteroatoms. The van der Waals surface area contributed by atoms with Gasteiger partial charge in [0.05, 0.1) is 0 Å². The van der Waals surface area contributed by atoms with Crippen molar-refractivity contribution in [1.82, 2.24) is 4.90 Å². The zero-order valence-electron chi connectivity index (χ0n) is 13.8. The summed E-state index contributed by atoms with van der Waals surface area (Å²) < 4.78 is 0. The van der Waals surface area contributed by atoms with Gasteiger partial charge in [-0.3, -0.25) is 9.59 Å². The Morgan fingerprint density at radius 2 is 1.71 bits per heavy atom. The van der Waals surface area contributed by atoms with Gasteiger partial charge < -0.3 is 15.3 Å². The van der Waals surface area contributed by atoms with E-state index in [2.05, 4.69) is 5.32 Å². The summed E-state index contributed by atoms with van der Waals surface area (Å²) in [5.41, 5.74) is 0.527. The molecule has 126 valence electrons. The number of likely N-dealkylation sites (N-methyl/N-ethyl adjacent to an activating group) is 1. The standard InChI is InChI=1S/C19H22N2O3/c1-21(13-7-3-2-4-8-13)19(24)18(23)20-16-11-5-10-15-14(16)9-6-12-17(15)22/h5-6,9-13,22H,2-4,7-8H2,1H3,(H,20,23). The van der Waals surface area contributed by atoms with E-state index < -0.39 is 11.8 Å². The molecule has 1 fully saturated rings. The lowest BCUT2D eigenvalue weighted by molar-refractivity contribution is -0.144. The van der Waals surface area contributed by atoms with Crippen LogP contribution in [0.15, 0.2) is 36.4 Å². The van der Waals surface area contributed by atoms with Gasteiger partial charge in [0.25, 0.3) is 0 Å². The molecule has 2 amide bonds. The molecule has 24 heavy (non-hydrogen) atoms. The molecule has 1 saturated carbocycles. The lowest BCUT2D eigenvalue weighted by atomic mass is 9.94. The third-order valence-electron chi connectivity index (χ3n) is 4.78. The first-order chi connectivity index (χ1) is 11.6. The van der Waals surface area contributed by atoms with E-state index in [1.807, 2.05) is 0 Å². The van der Waals surface area contributed by atoms with Gasteiger partial charge in [0.2, 0.25) is 0 Å². The second-order valence-electron chi connectivity index (χ2n) is 6.34. The number of benzene rings is 2. The molecule has 2 aromatic rings. The Labute approximate surface area is 141 Å². The van der Waals surface area contributed by atoms with E-state index in [0.29, 0.717) is 16.5 Å². The van der Waals surface area contributed by atoms with Gasteiger partial charge in [0.15, 0.2) is 0 Å². The summed E-state index contributed by atoms with van der Waals surface area (Å²) in [6.45, 7) is 0. The van der Waals surface area contributed by atoms with Crippen LogP contribution in [-0.4, -0.2) is 34.9 Å². The fourth-order valence-electron chi connectivity index (χ4n) is 3.37. The number of nitrogens with zero attached hydrogens (tertiary/aromatic N) is 1. The maximum atomic E-state index is 12.4. The first kappa shape index (κ1) is 16.3. The molecule has 0 radical (unpaired) electrons. The van der Waals surface area contributed by atoms with E-state index in [1.54, 1.807) is 48.3 Å². The van der Waals surface area contributed by atoms with Crippen LogP contribution in [0.2, 0.25) is 0 Å². The minimum atomic E-state index is -0.640. The monoisotopic (exact) mass is 326 g/mol. The highest BCUT2D eigenvalue weighted by molar-refractivity contribution is 6.40. The molecule has 1 aliphatic carbocycles. The number of hydrogen-bond donors (Lipinski definition) is 2. The maximum Gasteiger partial charge on any atom is 0.313 e. The average molecular weight is 326 g/mol. The Hall–Kier alpha value is -2.56. The Morgan fingerprint density at radius 1 is 1.04 bits per heavy atom. The highest BCUT2D eigenvalue weighted by Gasteiger charge is 2.26. The van der Waals surface area contributed by atoms with Gasteiger partial charge >= 0.3 is 11.8 Å². The second-order valence-corrected chi connectivity index (χ2v) is 6.34. The normalized spacial score (nSPS) is 15.2. The minimum absolute atomic E-state index is 0.147. The first-order valence-corrected chi connectivity index (χ1v) is 8.37. The van der Waals surface area contributed by atoms with Crippen LogP contribution in [0.4, 0.5) is 5.69 Å². The minimum Gasteiger partial charge on any atom is -0.507 e. The summed E-state index contributed by atoms with van der Waals surface area (Å²) in [7, 11) is 1.70. The van der Waals surface area contributed by atoms with Gasteiger partial charge in [-0.1, -0.05) is 43.5 Å². The van der Waals surface area contributed by atoms with E-state index in [-0.39, 0.29) is 11.8 Å². The third-order valence-corrected chi connectivity index (χ3v) is 4.78. The predicted octanol–water partition coefficient (Wildman–Crippen LogP) is 3.28. The fraction of sp³-hybridized carbons (Fsp3) is 0.368. The third kappa shape index (κ3) is 3.20. The summed E-state index contributed by atoms with van der Waals surface area (Å²) in [5, 5.41) is 13.9. The number of amides is 2. The van der Waals surface area contributed by atoms with Crippen molar-refractivity contribution in [3.8, 4) is 5.75 Å². The number of fused-ring (bicyclic) bond motifs is 1. The number of phenolic OH excluding ortho intramolecular Hbond substituents is 1. The van der Waals surface area contributed by atoms with Crippen molar-refractivity contribution < 1.29 is 14.7 Å². The topological polar surface area (TPSA) is 69.6 Å². The van der Waals surface area contributed by atoms with Gasteiger partial charge in [-0.05, 0) is 25.0 Å². The SMILES string of the molecule is CN(C(=O)C(=O)Nc1cccc2c(O)cccc12)C1CCCCC1. The molecule has 0 aliphatic heterocycles. The van der Waals surface area contributed by atoms with Gasteiger partial charge in [0, 0.05) is 29.5 Å². The molecule has 0 saturated heterocycles. The highest BCUT2D eigenvalue weighted by Crippen LogP contribution is 2.30. The van der Waals surface area contributed by atoms with Crippen molar-refractivity contribution in [2.24, 2.45) is 0 Å². The summed E-state index contributed by atoms with van der Waals surface area (Å²) in [6, 6.07) is 10.5. The quantitative estimate of drug-likeness (QED) is 0.832. The second kappa shape index (κ2) is 6.91. The smallest absolute Gasteiger partial charge is 0.313 e. The summed E-state index contributed by atoms with van der Waals surface area (Å²) in [5.74, 6) is -1.01. The molecule has 0 atom stereocenters. The fourth-order valence-corrected chi connectivity index (χ4v) is 3.37. The Balaban J connectivity index is 1.77. The Bertz CT molecular complexity index is 766.